The van der Waals surface area contributed by atoms with E-state index in [1.54, 1.807) is 0 Å². The number of benzene rings is 1. The average molecular weight is 326 g/mol. The first kappa shape index (κ1) is 16.9. The van der Waals surface area contributed by atoms with Gasteiger partial charge in [0.15, 0.2) is 0 Å². The standard InChI is InChI=1S/C20H26N2O2/c23-13-14-24-20-5-1-3-18(15-20)16-22-12-2-4-19(22)7-6-17-8-10-21-11-9-17/h1,3,5,8-11,15,19,23H,2,4,6-7,12-14,16H2/t19-/m1/s1. The first-order chi connectivity index (χ1) is 11.8. The van der Waals surface area contributed by atoms with Crippen molar-refractivity contribution in [3.05, 3.63) is 59.9 Å². The van der Waals surface area contributed by atoms with Crippen molar-refractivity contribution in [2.24, 2.45) is 0 Å². The van der Waals surface area contributed by atoms with Crippen molar-refractivity contribution in [2.45, 2.75) is 38.3 Å². The number of aromatic nitrogens is 1. The summed E-state index contributed by atoms with van der Waals surface area (Å²) in [5, 5.41) is 8.88. The summed E-state index contributed by atoms with van der Waals surface area (Å²) in [5.41, 5.74) is 2.65. The van der Waals surface area contributed by atoms with E-state index in [4.69, 9.17) is 9.84 Å². The summed E-state index contributed by atoms with van der Waals surface area (Å²) in [6, 6.07) is 13.1. The van der Waals surface area contributed by atoms with Crippen LogP contribution in [-0.4, -0.2) is 40.8 Å². The Bertz CT molecular complexity index is 618. The molecule has 2 aromatic rings. The zero-order valence-corrected chi connectivity index (χ0v) is 14.1. The molecule has 0 amide bonds. The molecule has 24 heavy (non-hydrogen) atoms. The van der Waals surface area contributed by atoms with Crippen LogP contribution in [0.2, 0.25) is 0 Å². The number of rotatable bonds is 8. The zero-order chi connectivity index (χ0) is 16.6. The Kier molecular flexibility index (Phi) is 6.21. The third-order valence-electron chi connectivity index (χ3n) is 4.66. The van der Waals surface area contributed by atoms with Gasteiger partial charge >= 0.3 is 0 Å². The van der Waals surface area contributed by atoms with Crippen LogP contribution in [0.25, 0.3) is 0 Å². The Morgan fingerprint density at radius 1 is 1.17 bits per heavy atom. The van der Waals surface area contributed by atoms with Crippen LogP contribution < -0.4 is 4.74 Å². The molecule has 1 aliphatic heterocycles. The van der Waals surface area contributed by atoms with Gasteiger partial charge in [0, 0.05) is 25.0 Å². The summed E-state index contributed by atoms with van der Waals surface area (Å²) in [5.74, 6) is 0.842. The third-order valence-corrected chi connectivity index (χ3v) is 4.66. The SMILES string of the molecule is OCCOc1cccc(CN2CCC[C@@H]2CCc2ccncc2)c1. The highest BCUT2D eigenvalue weighted by Gasteiger charge is 2.24. The van der Waals surface area contributed by atoms with Crippen molar-refractivity contribution in [3.8, 4) is 5.75 Å². The molecule has 0 spiro atoms. The lowest BCUT2D eigenvalue weighted by molar-refractivity contribution is 0.200. The van der Waals surface area contributed by atoms with E-state index < -0.39 is 0 Å². The molecule has 1 saturated heterocycles. The molecular weight excluding hydrogens is 300 g/mol. The van der Waals surface area contributed by atoms with E-state index >= 15 is 0 Å². The Labute approximate surface area is 144 Å². The Hall–Kier alpha value is -1.91. The number of pyridine rings is 1. The number of aliphatic hydroxyl groups excluding tert-OH is 1. The van der Waals surface area contributed by atoms with E-state index in [1.165, 1.54) is 36.9 Å². The van der Waals surface area contributed by atoms with Gasteiger partial charge in [-0.15, -0.1) is 0 Å². The first-order valence-corrected chi connectivity index (χ1v) is 8.81. The summed E-state index contributed by atoms with van der Waals surface area (Å²) < 4.78 is 5.52. The van der Waals surface area contributed by atoms with Crippen molar-refractivity contribution in [2.75, 3.05) is 19.8 Å². The maximum absolute atomic E-state index is 8.88. The number of ether oxygens (including phenoxy) is 1. The van der Waals surface area contributed by atoms with Gasteiger partial charge in [-0.1, -0.05) is 12.1 Å². The van der Waals surface area contributed by atoms with E-state index in [1.807, 2.05) is 24.5 Å². The van der Waals surface area contributed by atoms with Crippen LogP contribution in [0.3, 0.4) is 0 Å². The third kappa shape index (κ3) is 4.79. The zero-order valence-electron chi connectivity index (χ0n) is 14.1. The van der Waals surface area contributed by atoms with Gasteiger partial charge < -0.3 is 9.84 Å². The quantitative estimate of drug-likeness (QED) is 0.810. The molecule has 0 radical (unpaired) electrons. The van der Waals surface area contributed by atoms with Crippen LogP contribution in [0.5, 0.6) is 5.75 Å². The van der Waals surface area contributed by atoms with E-state index in [9.17, 15) is 0 Å². The van der Waals surface area contributed by atoms with E-state index in [0.717, 1.165) is 18.7 Å². The highest BCUT2D eigenvalue weighted by Crippen LogP contribution is 2.25. The van der Waals surface area contributed by atoms with Gasteiger partial charge in [-0.05, 0) is 67.6 Å². The lowest BCUT2D eigenvalue weighted by Crippen LogP contribution is -2.29. The topological polar surface area (TPSA) is 45.6 Å². The number of nitrogens with zero attached hydrogens (tertiary/aromatic N) is 2. The van der Waals surface area contributed by atoms with Gasteiger partial charge in [0.05, 0.1) is 6.61 Å². The highest BCUT2D eigenvalue weighted by molar-refractivity contribution is 5.28. The van der Waals surface area contributed by atoms with Crippen molar-refractivity contribution in [1.29, 1.82) is 0 Å². The second-order valence-electron chi connectivity index (χ2n) is 6.38. The number of hydrogen-bond acceptors (Lipinski definition) is 4. The molecule has 128 valence electrons. The monoisotopic (exact) mass is 326 g/mol. The molecule has 2 heterocycles. The predicted molar refractivity (Wildman–Crippen MR) is 95.0 cm³/mol. The van der Waals surface area contributed by atoms with E-state index in [-0.39, 0.29) is 6.61 Å². The lowest BCUT2D eigenvalue weighted by atomic mass is 10.0. The second kappa shape index (κ2) is 8.81. The minimum atomic E-state index is 0.0490. The minimum Gasteiger partial charge on any atom is -0.491 e. The highest BCUT2D eigenvalue weighted by atomic mass is 16.5. The molecule has 1 aromatic carbocycles. The maximum Gasteiger partial charge on any atom is 0.119 e. The molecule has 4 heteroatoms. The van der Waals surface area contributed by atoms with Crippen LogP contribution in [0.4, 0.5) is 0 Å². The first-order valence-electron chi connectivity index (χ1n) is 8.81. The van der Waals surface area contributed by atoms with Gasteiger partial charge in [-0.3, -0.25) is 9.88 Å². The molecule has 0 saturated carbocycles. The van der Waals surface area contributed by atoms with Crippen molar-refractivity contribution in [1.82, 2.24) is 9.88 Å². The fourth-order valence-electron chi connectivity index (χ4n) is 3.44. The molecule has 0 unspecified atom stereocenters. The van der Waals surface area contributed by atoms with Gasteiger partial charge in [-0.2, -0.15) is 0 Å². The van der Waals surface area contributed by atoms with Crippen LogP contribution in [-0.2, 0) is 13.0 Å². The summed E-state index contributed by atoms with van der Waals surface area (Å²) in [4.78, 5) is 6.68. The van der Waals surface area contributed by atoms with Crippen LogP contribution in [0.15, 0.2) is 48.8 Å². The molecule has 0 bridgehead atoms. The summed E-state index contributed by atoms with van der Waals surface area (Å²) in [6.45, 7) is 2.54. The molecule has 1 aromatic heterocycles. The fraction of sp³-hybridized carbons (Fsp3) is 0.450. The fourth-order valence-corrected chi connectivity index (χ4v) is 3.44. The Morgan fingerprint density at radius 2 is 2.04 bits per heavy atom. The maximum atomic E-state index is 8.88. The average Bonchev–Trinajstić information content (AvgIpc) is 3.06. The molecule has 0 aliphatic carbocycles. The molecular formula is C20H26N2O2. The number of aryl methyl sites for hydroxylation is 1. The summed E-state index contributed by atoms with van der Waals surface area (Å²) in [7, 11) is 0. The molecule has 1 aliphatic rings. The van der Waals surface area contributed by atoms with Crippen molar-refractivity contribution in [3.63, 3.8) is 0 Å². The number of hydrogen-bond donors (Lipinski definition) is 1. The number of likely N-dealkylation sites (tertiary alicyclic amines) is 1. The summed E-state index contributed by atoms with van der Waals surface area (Å²) in [6.07, 6.45) is 8.63. The molecule has 3 rings (SSSR count). The lowest BCUT2D eigenvalue weighted by Gasteiger charge is -2.24. The predicted octanol–water partition coefficient (Wildman–Crippen LogP) is 3.05. The Morgan fingerprint density at radius 3 is 2.88 bits per heavy atom. The Balaban J connectivity index is 1.55. The van der Waals surface area contributed by atoms with Crippen LogP contribution in [0.1, 0.15) is 30.4 Å². The van der Waals surface area contributed by atoms with Gasteiger partial charge in [-0.25, -0.2) is 0 Å². The molecule has 1 fully saturated rings. The molecule has 4 nitrogen and oxygen atoms in total. The molecule has 1 N–H and O–H groups in total. The second-order valence-corrected chi connectivity index (χ2v) is 6.38. The van der Waals surface area contributed by atoms with Gasteiger partial charge in [0.1, 0.15) is 12.4 Å². The van der Waals surface area contributed by atoms with E-state index in [2.05, 4.69) is 34.1 Å². The van der Waals surface area contributed by atoms with Crippen LogP contribution in [0, 0.1) is 0 Å². The number of aliphatic hydroxyl groups is 1. The van der Waals surface area contributed by atoms with Crippen molar-refractivity contribution < 1.29 is 9.84 Å². The van der Waals surface area contributed by atoms with Crippen LogP contribution >= 0.6 is 0 Å². The van der Waals surface area contributed by atoms with E-state index in [0.29, 0.717) is 12.6 Å². The smallest absolute Gasteiger partial charge is 0.119 e. The largest absolute Gasteiger partial charge is 0.491 e. The summed E-state index contributed by atoms with van der Waals surface area (Å²) >= 11 is 0. The van der Waals surface area contributed by atoms with Crippen molar-refractivity contribution >= 4 is 0 Å². The van der Waals surface area contributed by atoms with Gasteiger partial charge in [0.25, 0.3) is 0 Å². The molecule has 1 atom stereocenters. The minimum absolute atomic E-state index is 0.0490. The van der Waals surface area contributed by atoms with Gasteiger partial charge in [0.2, 0.25) is 0 Å². The normalized spacial score (nSPS) is 18.0.